The molecule has 1 aliphatic heterocycles. The Bertz CT molecular complexity index is 1400. The highest BCUT2D eigenvalue weighted by molar-refractivity contribution is 6.19. The van der Waals surface area contributed by atoms with Crippen molar-refractivity contribution in [3.05, 3.63) is 53.7 Å². The number of phenols is 1. The second-order valence-corrected chi connectivity index (χ2v) is 8.25. The molecule has 0 aliphatic carbocycles. The summed E-state index contributed by atoms with van der Waals surface area (Å²) >= 11 is 6.24. The number of carbonyl (C=O) groups is 1. The number of carbonyl (C=O) groups excluding carboxylic acids is 1. The minimum absolute atomic E-state index is 0.172. The molecule has 0 fully saturated rings. The molecule has 1 aromatic heterocycles. The highest BCUT2D eigenvalue weighted by Crippen LogP contribution is 2.47. The Hall–Kier alpha value is -3.58. The largest absolute Gasteiger partial charge is 0.507 e. The molecule has 2 heterocycles. The molecule has 2 N–H and O–H groups in total. The van der Waals surface area contributed by atoms with E-state index in [1.54, 1.807) is 24.1 Å². The van der Waals surface area contributed by atoms with Crippen LogP contribution in [0.2, 0.25) is 0 Å². The summed E-state index contributed by atoms with van der Waals surface area (Å²) in [6, 6.07) is 13.1. The van der Waals surface area contributed by atoms with Crippen molar-refractivity contribution in [1.29, 1.82) is 0 Å². The molecule has 0 saturated carbocycles. The molecule has 8 heteroatoms. The number of nitrogens with one attached hydrogen (secondary N) is 1. The van der Waals surface area contributed by atoms with E-state index in [2.05, 4.69) is 4.98 Å². The normalized spacial score (nSPS) is 15.2. The summed E-state index contributed by atoms with van der Waals surface area (Å²) in [7, 11) is 4.62. The third-order valence-corrected chi connectivity index (χ3v) is 6.60. The Morgan fingerprint density at radius 1 is 1.09 bits per heavy atom. The van der Waals surface area contributed by atoms with E-state index in [0.717, 1.165) is 16.2 Å². The van der Waals surface area contributed by atoms with Crippen molar-refractivity contribution in [2.24, 2.45) is 0 Å². The van der Waals surface area contributed by atoms with Crippen LogP contribution in [0.25, 0.3) is 21.7 Å². The number of ether oxygens (including phenoxy) is 3. The molecule has 1 atom stereocenters. The number of H-pyrrole nitrogens is 1. The van der Waals surface area contributed by atoms with Gasteiger partial charge >= 0.3 is 0 Å². The summed E-state index contributed by atoms with van der Waals surface area (Å²) in [6.45, 7) is 0.376. The fourth-order valence-electron chi connectivity index (χ4n) is 4.69. The molecule has 170 valence electrons. The summed E-state index contributed by atoms with van der Waals surface area (Å²) in [5.74, 6) is 1.47. The fourth-order valence-corrected chi connectivity index (χ4v) is 4.94. The van der Waals surface area contributed by atoms with Crippen LogP contribution in [-0.2, 0) is 0 Å². The number of hydrogen-bond donors (Lipinski definition) is 2. The van der Waals surface area contributed by atoms with Gasteiger partial charge in [-0.2, -0.15) is 0 Å². The Morgan fingerprint density at radius 3 is 2.55 bits per heavy atom. The van der Waals surface area contributed by atoms with Crippen molar-refractivity contribution < 1.29 is 24.1 Å². The van der Waals surface area contributed by atoms with Gasteiger partial charge in [0.15, 0.2) is 11.5 Å². The first kappa shape index (κ1) is 21.3. The van der Waals surface area contributed by atoms with Crippen molar-refractivity contribution in [2.75, 3.05) is 38.7 Å². The first-order valence-corrected chi connectivity index (χ1v) is 11.0. The molecular weight excluding hydrogens is 444 g/mol. The van der Waals surface area contributed by atoms with Gasteiger partial charge in [0.2, 0.25) is 5.75 Å². The third-order valence-electron chi connectivity index (χ3n) is 6.22. The lowest BCUT2D eigenvalue weighted by Crippen LogP contribution is -2.30. The molecule has 33 heavy (non-hydrogen) atoms. The Morgan fingerprint density at radius 2 is 1.85 bits per heavy atom. The van der Waals surface area contributed by atoms with Gasteiger partial charge in [-0.25, -0.2) is 0 Å². The minimum Gasteiger partial charge on any atom is -0.507 e. The molecule has 1 aliphatic rings. The molecule has 0 spiro atoms. The number of aromatic nitrogens is 1. The highest BCUT2D eigenvalue weighted by atomic mass is 35.5. The highest BCUT2D eigenvalue weighted by Gasteiger charge is 2.36. The molecule has 0 saturated heterocycles. The fraction of sp³-hybridized carbons (Fsp3) is 0.240. The lowest BCUT2D eigenvalue weighted by atomic mass is 9.97. The number of fused-ring (bicyclic) bond motifs is 3. The second-order valence-electron chi connectivity index (χ2n) is 7.94. The molecule has 3 aromatic carbocycles. The van der Waals surface area contributed by atoms with Gasteiger partial charge in [-0.05, 0) is 23.6 Å². The van der Waals surface area contributed by atoms with Crippen LogP contribution in [0.3, 0.4) is 0 Å². The number of aromatic amines is 1. The maximum Gasteiger partial charge on any atom is 0.274 e. The van der Waals surface area contributed by atoms with Gasteiger partial charge in [0.05, 0.1) is 32.5 Å². The second kappa shape index (κ2) is 8.08. The zero-order chi connectivity index (χ0) is 23.3. The molecule has 4 aromatic rings. The van der Waals surface area contributed by atoms with E-state index in [4.69, 9.17) is 25.8 Å². The standard InChI is InChI=1S/C25H23ClN2O5/c1-31-19-10-14-8-17(27-21(14)24(33-3)23(19)32-2)25(30)28-12-15(11-26)20-18(28)9-13-6-4-5-7-16(13)22(20)29/h4-10,15,27,29H,11-12H2,1-3H3. The number of phenolic OH excluding ortho intramolecular Hbond substituents is 1. The summed E-state index contributed by atoms with van der Waals surface area (Å²) in [5.41, 5.74) is 2.39. The van der Waals surface area contributed by atoms with Crippen LogP contribution in [0.5, 0.6) is 23.0 Å². The lowest BCUT2D eigenvalue weighted by Gasteiger charge is -2.17. The summed E-state index contributed by atoms with van der Waals surface area (Å²) in [6.07, 6.45) is 0. The predicted octanol–water partition coefficient (Wildman–Crippen LogP) is 5.04. The number of benzene rings is 3. The van der Waals surface area contributed by atoms with E-state index in [-0.39, 0.29) is 23.5 Å². The van der Waals surface area contributed by atoms with E-state index in [9.17, 15) is 9.90 Å². The summed E-state index contributed by atoms with van der Waals surface area (Å²) in [4.78, 5) is 18.5. The Labute approximate surface area is 195 Å². The summed E-state index contributed by atoms with van der Waals surface area (Å²) in [5, 5.41) is 13.3. The van der Waals surface area contributed by atoms with Gasteiger partial charge in [0.25, 0.3) is 5.91 Å². The molecule has 0 bridgehead atoms. The quantitative estimate of drug-likeness (QED) is 0.403. The number of anilines is 1. The average molecular weight is 467 g/mol. The van der Waals surface area contributed by atoms with Crippen LogP contribution in [0, 0.1) is 0 Å². The Kier molecular flexibility index (Phi) is 5.21. The van der Waals surface area contributed by atoms with E-state index in [1.807, 2.05) is 30.3 Å². The molecule has 5 rings (SSSR count). The number of hydrogen-bond acceptors (Lipinski definition) is 5. The van der Waals surface area contributed by atoms with Gasteiger partial charge < -0.3 is 29.2 Å². The van der Waals surface area contributed by atoms with Crippen LogP contribution >= 0.6 is 11.6 Å². The lowest BCUT2D eigenvalue weighted by molar-refractivity contribution is 0.0984. The number of halogens is 1. The van der Waals surface area contributed by atoms with E-state index in [0.29, 0.717) is 46.3 Å². The van der Waals surface area contributed by atoms with Crippen molar-refractivity contribution in [1.82, 2.24) is 4.98 Å². The molecule has 1 amide bonds. The monoisotopic (exact) mass is 466 g/mol. The number of aromatic hydroxyl groups is 1. The third kappa shape index (κ3) is 3.15. The van der Waals surface area contributed by atoms with Crippen molar-refractivity contribution in [2.45, 2.75) is 5.92 Å². The number of rotatable bonds is 5. The van der Waals surface area contributed by atoms with Gasteiger partial charge in [0, 0.05) is 34.7 Å². The average Bonchev–Trinajstić information content (AvgIpc) is 3.44. The van der Waals surface area contributed by atoms with Crippen molar-refractivity contribution >= 4 is 44.9 Å². The molecular formula is C25H23ClN2O5. The van der Waals surface area contributed by atoms with Crippen LogP contribution in [0.1, 0.15) is 22.0 Å². The smallest absolute Gasteiger partial charge is 0.274 e. The van der Waals surface area contributed by atoms with Gasteiger partial charge in [0.1, 0.15) is 11.4 Å². The first-order valence-electron chi connectivity index (χ1n) is 10.5. The SMILES string of the molecule is COc1cc2cc(C(=O)N3CC(CCl)c4c3cc3ccccc3c4O)[nH]c2c(OC)c1OC. The first-order chi connectivity index (χ1) is 16.0. The number of methoxy groups -OCH3 is 3. The number of alkyl halides is 1. The van der Waals surface area contributed by atoms with Crippen LogP contribution in [-0.4, -0.2) is 49.8 Å². The maximum absolute atomic E-state index is 13.7. The molecule has 1 unspecified atom stereocenters. The van der Waals surface area contributed by atoms with Gasteiger partial charge in [-0.1, -0.05) is 24.3 Å². The molecule has 0 radical (unpaired) electrons. The van der Waals surface area contributed by atoms with Crippen LogP contribution in [0.15, 0.2) is 42.5 Å². The Balaban J connectivity index is 1.64. The van der Waals surface area contributed by atoms with Crippen molar-refractivity contribution in [3.8, 4) is 23.0 Å². The maximum atomic E-state index is 13.7. The van der Waals surface area contributed by atoms with E-state index in [1.165, 1.54) is 14.2 Å². The van der Waals surface area contributed by atoms with Crippen LogP contribution in [0.4, 0.5) is 5.69 Å². The topological polar surface area (TPSA) is 84.0 Å². The van der Waals surface area contributed by atoms with Gasteiger partial charge in [-0.3, -0.25) is 4.79 Å². The molecule has 7 nitrogen and oxygen atoms in total. The van der Waals surface area contributed by atoms with Crippen molar-refractivity contribution in [3.63, 3.8) is 0 Å². The van der Waals surface area contributed by atoms with Gasteiger partial charge in [-0.15, -0.1) is 11.6 Å². The van der Waals surface area contributed by atoms with Crippen LogP contribution < -0.4 is 19.1 Å². The zero-order valence-electron chi connectivity index (χ0n) is 18.4. The predicted molar refractivity (Wildman–Crippen MR) is 129 cm³/mol. The number of amides is 1. The number of nitrogens with zero attached hydrogens (tertiary/aromatic N) is 1. The summed E-state index contributed by atoms with van der Waals surface area (Å²) < 4.78 is 16.4. The zero-order valence-corrected chi connectivity index (χ0v) is 19.2. The minimum atomic E-state index is -0.227. The van der Waals surface area contributed by atoms with E-state index >= 15 is 0 Å². The van der Waals surface area contributed by atoms with E-state index < -0.39 is 0 Å².